The van der Waals surface area contributed by atoms with Crippen molar-refractivity contribution in [3.63, 3.8) is 0 Å². The highest BCUT2D eigenvalue weighted by atomic mass is 16.5. The van der Waals surface area contributed by atoms with Gasteiger partial charge in [0.1, 0.15) is 0 Å². The van der Waals surface area contributed by atoms with E-state index >= 15 is 0 Å². The van der Waals surface area contributed by atoms with Crippen molar-refractivity contribution in [2.75, 3.05) is 6.61 Å². The molecule has 2 fully saturated rings. The maximum absolute atomic E-state index is 11.9. The average molecular weight is 330 g/mol. The Morgan fingerprint density at radius 1 is 1.21 bits per heavy atom. The van der Waals surface area contributed by atoms with Crippen LogP contribution in [-0.4, -0.2) is 23.3 Å². The Hall–Kier alpha value is -1.35. The largest absolute Gasteiger partial charge is 0.462 e. The highest BCUT2D eigenvalue weighted by Crippen LogP contribution is 2.55. The van der Waals surface area contributed by atoms with Crippen molar-refractivity contribution in [1.82, 2.24) is 0 Å². The first kappa shape index (κ1) is 17.5. The van der Waals surface area contributed by atoms with Crippen LogP contribution in [0.2, 0.25) is 0 Å². The quantitative estimate of drug-likeness (QED) is 0.634. The lowest BCUT2D eigenvalue weighted by Gasteiger charge is -2.43. The Kier molecular flexibility index (Phi) is 5.00. The van der Waals surface area contributed by atoms with E-state index in [1.807, 2.05) is 18.2 Å². The van der Waals surface area contributed by atoms with Gasteiger partial charge in [-0.05, 0) is 74.3 Å². The molecule has 0 aliphatic heterocycles. The summed E-state index contributed by atoms with van der Waals surface area (Å²) in [4.78, 5) is 11.9. The number of hydrogen-bond acceptors (Lipinski definition) is 3. The molecular formula is C21H30O3. The molecule has 3 rings (SSSR count). The van der Waals surface area contributed by atoms with E-state index in [0.29, 0.717) is 23.5 Å². The normalized spacial score (nSPS) is 31.5. The monoisotopic (exact) mass is 330 g/mol. The van der Waals surface area contributed by atoms with Gasteiger partial charge in [-0.3, -0.25) is 0 Å². The number of fused-ring (bicyclic) bond motifs is 1. The Morgan fingerprint density at radius 3 is 2.67 bits per heavy atom. The molecule has 1 N–H and O–H groups in total. The summed E-state index contributed by atoms with van der Waals surface area (Å²) in [6, 6.07) is 9.08. The maximum atomic E-state index is 11.9. The number of ether oxygens (including phenoxy) is 1. The van der Waals surface area contributed by atoms with Crippen molar-refractivity contribution in [2.45, 2.75) is 64.4 Å². The summed E-state index contributed by atoms with van der Waals surface area (Å²) in [6.07, 6.45) is 7.03. The number of hydrogen-bond donors (Lipinski definition) is 1. The van der Waals surface area contributed by atoms with Gasteiger partial charge in [0.05, 0.1) is 17.8 Å². The number of rotatable bonds is 5. The highest BCUT2D eigenvalue weighted by molar-refractivity contribution is 5.89. The van der Waals surface area contributed by atoms with Gasteiger partial charge in [-0.1, -0.05) is 32.0 Å². The third-order valence-electron chi connectivity index (χ3n) is 6.34. The second-order valence-electron chi connectivity index (χ2n) is 8.47. The smallest absolute Gasteiger partial charge is 0.338 e. The van der Waals surface area contributed by atoms with Crippen LogP contribution >= 0.6 is 0 Å². The van der Waals surface area contributed by atoms with Gasteiger partial charge < -0.3 is 9.84 Å². The number of benzene rings is 1. The molecule has 1 aromatic carbocycles. The fourth-order valence-electron chi connectivity index (χ4n) is 4.79. The lowest BCUT2D eigenvalue weighted by molar-refractivity contribution is -0.0564. The van der Waals surface area contributed by atoms with Crippen LogP contribution in [0.25, 0.3) is 0 Å². The summed E-state index contributed by atoms with van der Waals surface area (Å²) < 4.78 is 5.34. The van der Waals surface area contributed by atoms with Crippen LogP contribution in [0.5, 0.6) is 0 Å². The predicted molar refractivity (Wildman–Crippen MR) is 94.8 cm³/mol. The molecule has 2 saturated carbocycles. The number of esters is 1. The van der Waals surface area contributed by atoms with Crippen molar-refractivity contribution in [3.05, 3.63) is 35.9 Å². The molecular weight excluding hydrogens is 300 g/mol. The van der Waals surface area contributed by atoms with E-state index in [9.17, 15) is 9.90 Å². The molecule has 0 amide bonds. The average Bonchev–Trinajstić information content (AvgIpc) is 2.87. The van der Waals surface area contributed by atoms with Gasteiger partial charge in [0.15, 0.2) is 0 Å². The topological polar surface area (TPSA) is 46.5 Å². The first-order valence-corrected chi connectivity index (χ1v) is 9.34. The van der Waals surface area contributed by atoms with Gasteiger partial charge in [-0.2, -0.15) is 0 Å². The van der Waals surface area contributed by atoms with Gasteiger partial charge >= 0.3 is 5.97 Å². The molecule has 0 bridgehead atoms. The van der Waals surface area contributed by atoms with Gasteiger partial charge in [0, 0.05) is 0 Å². The van der Waals surface area contributed by atoms with Gasteiger partial charge in [0.25, 0.3) is 0 Å². The number of carbonyl (C=O) groups is 1. The molecule has 0 saturated heterocycles. The molecule has 3 unspecified atom stereocenters. The molecule has 3 heteroatoms. The molecule has 2 aliphatic carbocycles. The molecule has 3 nitrogen and oxygen atoms in total. The van der Waals surface area contributed by atoms with Crippen molar-refractivity contribution in [1.29, 1.82) is 0 Å². The molecule has 24 heavy (non-hydrogen) atoms. The second kappa shape index (κ2) is 6.87. The van der Waals surface area contributed by atoms with E-state index in [2.05, 4.69) is 13.8 Å². The number of aliphatic hydroxyl groups is 1. The van der Waals surface area contributed by atoms with E-state index in [1.165, 1.54) is 12.8 Å². The zero-order valence-corrected chi connectivity index (χ0v) is 15.0. The van der Waals surface area contributed by atoms with Crippen molar-refractivity contribution in [3.8, 4) is 0 Å². The molecule has 1 aromatic rings. The summed E-state index contributed by atoms with van der Waals surface area (Å²) in [5.41, 5.74) is 0.380. The summed E-state index contributed by atoms with van der Waals surface area (Å²) >= 11 is 0. The minimum atomic E-state index is -0.568. The summed E-state index contributed by atoms with van der Waals surface area (Å²) in [5, 5.41) is 11.0. The van der Waals surface area contributed by atoms with Crippen LogP contribution in [0, 0.1) is 17.3 Å². The third kappa shape index (κ3) is 3.83. The minimum Gasteiger partial charge on any atom is -0.462 e. The third-order valence-corrected chi connectivity index (χ3v) is 6.34. The predicted octanol–water partition coefficient (Wildman–Crippen LogP) is 4.59. The van der Waals surface area contributed by atoms with Crippen LogP contribution in [0.15, 0.2) is 30.3 Å². The highest BCUT2D eigenvalue weighted by Gasteiger charge is 2.48. The van der Waals surface area contributed by atoms with Crippen molar-refractivity contribution < 1.29 is 14.6 Å². The van der Waals surface area contributed by atoms with Crippen molar-refractivity contribution >= 4 is 5.97 Å². The fourth-order valence-corrected chi connectivity index (χ4v) is 4.79. The van der Waals surface area contributed by atoms with Crippen LogP contribution in [0.4, 0.5) is 0 Å². The number of carbonyl (C=O) groups excluding carboxylic acids is 1. The van der Waals surface area contributed by atoms with E-state index < -0.39 is 5.60 Å². The minimum absolute atomic E-state index is 0.275. The van der Waals surface area contributed by atoms with Gasteiger partial charge in [0.2, 0.25) is 0 Å². The Labute approximate surface area is 145 Å². The first-order valence-electron chi connectivity index (χ1n) is 9.34. The summed E-state index contributed by atoms with van der Waals surface area (Å²) in [6.45, 7) is 5.09. The van der Waals surface area contributed by atoms with Gasteiger partial charge in [-0.15, -0.1) is 0 Å². The van der Waals surface area contributed by atoms with E-state index in [4.69, 9.17) is 4.74 Å². The van der Waals surface area contributed by atoms with Crippen LogP contribution in [0.3, 0.4) is 0 Å². The van der Waals surface area contributed by atoms with E-state index in [1.54, 1.807) is 12.1 Å². The van der Waals surface area contributed by atoms with Crippen LogP contribution in [-0.2, 0) is 4.74 Å². The zero-order chi connectivity index (χ0) is 17.2. The fraction of sp³-hybridized carbons (Fsp3) is 0.667. The second-order valence-corrected chi connectivity index (χ2v) is 8.47. The lowest BCUT2D eigenvalue weighted by Crippen LogP contribution is -2.41. The Balaban J connectivity index is 1.45. The molecule has 2 aliphatic rings. The van der Waals surface area contributed by atoms with Crippen molar-refractivity contribution in [2.24, 2.45) is 17.3 Å². The maximum Gasteiger partial charge on any atom is 0.338 e. The first-order chi connectivity index (χ1) is 11.4. The molecule has 132 valence electrons. The SMILES string of the molecule is CC1(C)CCC2CCC(O)(CCCOC(=O)c3ccccc3)CC21. The standard InChI is InChI=1S/C21H30O3/c1-20(2)12-9-16-10-13-21(23,15-18(16)20)11-6-14-24-19(22)17-7-4-3-5-8-17/h3-5,7-8,16,18,23H,6,9-15H2,1-2H3. The van der Waals surface area contributed by atoms with E-state index in [0.717, 1.165) is 38.0 Å². The Morgan fingerprint density at radius 2 is 1.92 bits per heavy atom. The summed E-state index contributed by atoms with van der Waals surface area (Å²) in [7, 11) is 0. The zero-order valence-electron chi connectivity index (χ0n) is 15.0. The van der Waals surface area contributed by atoms with Crippen LogP contribution < -0.4 is 0 Å². The van der Waals surface area contributed by atoms with Crippen LogP contribution in [0.1, 0.15) is 69.2 Å². The van der Waals surface area contributed by atoms with E-state index in [-0.39, 0.29) is 5.97 Å². The summed E-state index contributed by atoms with van der Waals surface area (Å²) in [5.74, 6) is 1.17. The lowest BCUT2D eigenvalue weighted by atomic mass is 9.65. The molecule has 0 spiro atoms. The molecule has 0 aromatic heterocycles. The molecule has 0 radical (unpaired) electrons. The molecule has 3 atom stereocenters. The van der Waals surface area contributed by atoms with Gasteiger partial charge in [-0.25, -0.2) is 4.79 Å². The Bertz CT molecular complexity index is 566. The molecule has 0 heterocycles.